The summed E-state index contributed by atoms with van der Waals surface area (Å²) in [5, 5.41) is 0.565. The molecule has 2 aromatic rings. The number of aryl methyl sites for hydroxylation is 1. The van der Waals surface area contributed by atoms with Gasteiger partial charge in [0.15, 0.2) is 0 Å². The molecule has 1 aromatic carbocycles. The number of ether oxygens (including phenoxy) is 1. The number of halogens is 1. The fourth-order valence-electron chi connectivity index (χ4n) is 1.91. The Balaban J connectivity index is 1.95. The average Bonchev–Trinajstić information content (AvgIpc) is 2.47. The molecule has 0 saturated heterocycles. The summed E-state index contributed by atoms with van der Waals surface area (Å²) in [4.78, 5) is 18.7. The first-order valence-electron chi connectivity index (χ1n) is 6.85. The molecule has 0 aliphatic rings. The Kier molecular flexibility index (Phi) is 5.78. The number of hydrogen-bond acceptors (Lipinski definition) is 4. The standard InChI is InChI=1S/C15H18ClN3O2/c16-12-5-1-2-6-13(12)21-9-7-14-18-11(4-3-8-17)10-15(20)19-14/h1-2,5-6,10H,3-4,7-9,17H2,(H,18,19,20). The third kappa shape index (κ3) is 4.88. The topological polar surface area (TPSA) is 81.0 Å². The molecule has 0 aliphatic carbocycles. The van der Waals surface area contributed by atoms with Gasteiger partial charge in [0.1, 0.15) is 11.6 Å². The van der Waals surface area contributed by atoms with Crippen molar-refractivity contribution in [3.63, 3.8) is 0 Å². The summed E-state index contributed by atoms with van der Waals surface area (Å²) in [7, 11) is 0. The van der Waals surface area contributed by atoms with Crippen molar-refractivity contribution in [2.45, 2.75) is 19.3 Å². The van der Waals surface area contributed by atoms with Gasteiger partial charge in [0.05, 0.1) is 11.6 Å². The minimum absolute atomic E-state index is 0.148. The monoisotopic (exact) mass is 307 g/mol. The fourth-order valence-corrected chi connectivity index (χ4v) is 2.10. The van der Waals surface area contributed by atoms with E-state index in [-0.39, 0.29) is 5.56 Å². The van der Waals surface area contributed by atoms with Crippen molar-refractivity contribution in [1.82, 2.24) is 9.97 Å². The fraction of sp³-hybridized carbons (Fsp3) is 0.333. The van der Waals surface area contributed by atoms with Crippen molar-refractivity contribution in [3.8, 4) is 5.75 Å². The van der Waals surface area contributed by atoms with Gasteiger partial charge in [-0.2, -0.15) is 0 Å². The zero-order chi connectivity index (χ0) is 15.1. The quantitative estimate of drug-likeness (QED) is 0.819. The van der Waals surface area contributed by atoms with E-state index in [1.54, 1.807) is 12.1 Å². The number of para-hydroxylation sites is 1. The van der Waals surface area contributed by atoms with Gasteiger partial charge < -0.3 is 15.5 Å². The van der Waals surface area contributed by atoms with Crippen LogP contribution in [0.4, 0.5) is 0 Å². The first-order valence-corrected chi connectivity index (χ1v) is 7.23. The van der Waals surface area contributed by atoms with Crippen LogP contribution >= 0.6 is 11.6 Å². The summed E-state index contributed by atoms with van der Waals surface area (Å²) in [5.41, 5.74) is 6.08. The molecule has 2 rings (SSSR count). The molecule has 21 heavy (non-hydrogen) atoms. The molecule has 0 bridgehead atoms. The maximum Gasteiger partial charge on any atom is 0.251 e. The van der Waals surface area contributed by atoms with Gasteiger partial charge in [0.2, 0.25) is 0 Å². The number of nitrogens with two attached hydrogens (primary N) is 1. The van der Waals surface area contributed by atoms with E-state index in [0.717, 1.165) is 12.1 Å². The molecule has 0 atom stereocenters. The van der Waals surface area contributed by atoms with Crippen LogP contribution in [-0.4, -0.2) is 23.1 Å². The first kappa shape index (κ1) is 15.5. The molecule has 1 heterocycles. The average molecular weight is 308 g/mol. The highest BCUT2D eigenvalue weighted by molar-refractivity contribution is 6.32. The Morgan fingerprint density at radius 3 is 2.86 bits per heavy atom. The first-order chi connectivity index (χ1) is 10.2. The summed E-state index contributed by atoms with van der Waals surface area (Å²) >= 11 is 6.00. The van der Waals surface area contributed by atoms with Gasteiger partial charge in [0, 0.05) is 18.2 Å². The zero-order valence-corrected chi connectivity index (χ0v) is 12.4. The molecule has 0 saturated carbocycles. The van der Waals surface area contributed by atoms with E-state index in [2.05, 4.69) is 9.97 Å². The van der Waals surface area contributed by atoms with Crippen molar-refractivity contribution in [2.75, 3.05) is 13.2 Å². The number of rotatable bonds is 7. The third-order valence-corrected chi connectivity index (χ3v) is 3.23. The van der Waals surface area contributed by atoms with Gasteiger partial charge in [0.25, 0.3) is 5.56 Å². The normalized spacial score (nSPS) is 10.6. The number of aromatic nitrogens is 2. The molecule has 0 unspecified atom stereocenters. The molecule has 1 aromatic heterocycles. The lowest BCUT2D eigenvalue weighted by Crippen LogP contribution is -2.15. The largest absolute Gasteiger partial charge is 0.492 e. The van der Waals surface area contributed by atoms with Crippen LogP contribution in [0.2, 0.25) is 5.02 Å². The third-order valence-electron chi connectivity index (χ3n) is 2.91. The minimum Gasteiger partial charge on any atom is -0.492 e. The molecule has 6 heteroatoms. The molecular formula is C15H18ClN3O2. The van der Waals surface area contributed by atoms with E-state index in [1.807, 2.05) is 12.1 Å². The maximum atomic E-state index is 11.6. The van der Waals surface area contributed by atoms with Crippen molar-refractivity contribution < 1.29 is 4.74 Å². The zero-order valence-electron chi connectivity index (χ0n) is 11.6. The predicted molar refractivity (Wildman–Crippen MR) is 82.9 cm³/mol. The molecule has 0 aliphatic heterocycles. The van der Waals surface area contributed by atoms with Crippen LogP contribution in [-0.2, 0) is 12.8 Å². The van der Waals surface area contributed by atoms with Gasteiger partial charge in [-0.1, -0.05) is 23.7 Å². The lowest BCUT2D eigenvalue weighted by atomic mass is 10.2. The summed E-state index contributed by atoms with van der Waals surface area (Å²) in [6.45, 7) is 0.979. The van der Waals surface area contributed by atoms with Crippen LogP contribution in [0.15, 0.2) is 35.1 Å². The van der Waals surface area contributed by atoms with Crippen molar-refractivity contribution >= 4 is 11.6 Å². The second kappa shape index (κ2) is 7.81. The number of H-pyrrole nitrogens is 1. The van der Waals surface area contributed by atoms with E-state index < -0.39 is 0 Å². The highest BCUT2D eigenvalue weighted by Gasteiger charge is 2.04. The van der Waals surface area contributed by atoms with Gasteiger partial charge in [-0.05, 0) is 31.5 Å². The SMILES string of the molecule is NCCCc1cc(=O)[nH]c(CCOc2ccccc2Cl)n1. The lowest BCUT2D eigenvalue weighted by molar-refractivity contribution is 0.319. The van der Waals surface area contributed by atoms with Crippen molar-refractivity contribution in [2.24, 2.45) is 5.73 Å². The predicted octanol–water partition coefficient (Wildman–Crippen LogP) is 1.94. The number of aromatic amines is 1. The van der Waals surface area contributed by atoms with Crippen LogP contribution in [0.3, 0.4) is 0 Å². The number of benzene rings is 1. The van der Waals surface area contributed by atoms with Crippen molar-refractivity contribution in [1.29, 1.82) is 0 Å². The highest BCUT2D eigenvalue weighted by atomic mass is 35.5. The summed E-state index contributed by atoms with van der Waals surface area (Å²) in [6.07, 6.45) is 2.03. The van der Waals surface area contributed by atoms with Crippen LogP contribution in [0.5, 0.6) is 5.75 Å². The molecule has 0 radical (unpaired) electrons. The van der Waals surface area contributed by atoms with E-state index in [0.29, 0.717) is 42.6 Å². The minimum atomic E-state index is -0.148. The molecule has 112 valence electrons. The smallest absolute Gasteiger partial charge is 0.251 e. The van der Waals surface area contributed by atoms with Crippen LogP contribution < -0.4 is 16.0 Å². The molecule has 3 N–H and O–H groups in total. The van der Waals surface area contributed by atoms with Crippen LogP contribution in [0.1, 0.15) is 17.9 Å². The van der Waals surface area contributed by atoms with Crippen molar-refractivity contribution in [3.05, 3.63) is 57.2 Å². The number of hydrogen-bond donors (Lipinski definition) is 2. The summed E-state index contributed by atoms with van der Waals surface area (Å²) in [6, 6.07) is 8.78. The number of nitrogens with one attached hydrogen (secondary N) is 1. The van der Waals surface area contributed by atoms with E-state index >= 15 is 0 Å². The van der Waals surface area contributed by atoms with Gasteiger partial charge >= 0.3 is 0 Å². The molecule has 5 nitrogen and oxygen atoms in total. The van der Waals surface area contributed by atoms with E-state index in [1.165, 1.54) is 6.07 Å². The van der Waals surface area contributed by atoms with Gasteiger partial charge in [-0.25, -0.2) is 4.98 Å². The highest BCUT2D eigenvalue weighted by Crippen LogP contribution is 2.22. The Bertz CT molecular complexity index is 643. The molecular weight excluding hydrogens is 290 g/mol. The van der Waals surface area contributed by atoms with Gasteiger partial charge in [-0.15, -0.1) is 0 Å². The Labute approximate surface area is 128 Å². The summed E-state index contributed by atoms with van der Waals surface area (Å²) in [5.74, 6) is 1.24. The second-order valence-corrected chi connectivity index (χ2v) is 5.01. The Morgan fingerprint density at radius 2 is 2.10 bits per heavy atom. The molecule has 0 spiro atoms. The summed E-state index contributed by atoms with van der Waals surface area (Å²) < 4.78 is 5.59. The Morgan fingerprint density at radius 1 is 1.29 bits per heavy atom. The Hall–Kier alpha value is -1.85. The lowest BCUT2D eigenvalue weighted by Gasteiger charge is -2.08. The molecule has 0 amide bonds. The maximum absolute atomic E-state index is 11.6. The van der Waals surface area contributed by atoms with Crippen LogP contribution in [0.25, 0.3) is 0 Å². The van der Waals surface area contributed by atoms with E-state index in [4.69, 9.17) is 22.1 Å². The van der Waals surface area contributed by atoms with E-state index in [9.17, 15) is 4.79 Å². The molecule has 0 fully saturated rings. The van der Waals surface area contributed by atoms with Crippen LogP contribution in [0, 0.1) is 0 Å². The van der Waals surface area contributed by atoms with Gasteiger partial charge in [-0.3, -0.25) is 4.79 Å². The second-order valence-electron chi connectivity index (χ2n) is 4.60. The number of nitrogens with zero attached hydrogens (tertiary/aromatic N) is 1.